The Hall–Kier alpha value is -2.83. The first kappa shape index (κ1) is 12.2. The molecule has 2 N–H and O–H groups in total. The van der Waals surface area contributed by atoms with Crippen LogP contribution < -0.4 is 5.73 Å². The molecule has 7 heteroatoms. The van der Waals surface area contributed by atoms with E-state index in [1.807, 2.05) is 6.07 Å². The molecule has 0 aliphatic heterocycles. The molecule has 0 aliphatic rings. The molecule has 0 saturated heterocycles. The molecular formula is C13H9F2N5. The molecule has 20 heavy (non-hydrogen) atoms. The normalized spacial score (nSPS) is 10.7. The minimum absolute atomic E-state index is 0.0738. The molecule has 5 nitrogen and oxygen atoms in total. The van der Waals surface area contributed by atoms with Crippen LogP contribution in [0.4, 0.5) is 14.5 Å². The molecule has 3 rings (SSSR count). The standard InChI is InChI=1S/C13H9F2N5/c14-9-6-10(15)12(11(16)7-9)20-13(17-18-19-20)8-4-2-1-3-5-8/h1-7H,16H2. The molecular weight excluding hydrogens is 264 g/mol. The highest BCUT2D eigenvalue weighted by Crippen LogP contribution is 2.26. The van der Waals surface area contributed by atoms with E-state index >= 15 is 0 Å². The Balaban J connectivity index is 2.21. The van der Waals surface area contributed by atoms with Gasteiger partial charge >= 0.3 is 0 Å². The Morgan fingerprint density at radius 1 is 1.05 bits per heavy atom. The summed E-state index contributed by atoms with van der Waals surface area (Å²) in [7, 11) is 0. The van der Waals surface area contributed by atoms with Crippen LogP contribution in [0.5, 0.6) is 0 Å². The van der Waals surface area contributed by atoms with E-state index < -0.39 is 11.6 Å². The summed E-state index contributed by atoms with van der Waals surface area (Å²) >= 11 is 0. The molecule has 100 valence electrons. The largest absolute Gasteiger partial charge is 0.397 e. The van der Waals surface area contributed by atoms with Crippen molar-refractivity contribution < 1.29 is 8.78 Å². The molecule has 0 aliphatic carbocycles. The third kappa shape index (κ3) is 1.99. The Kier molecular flexibility index (Phi) is 2.86. The van der Waals surface area contributed by atoms with Gasteiger partial charge in [-0.3, -0.25) is 0 Å². The van der Waals surface area contributed by atoms with Crippen molar-refractivity contribution in [3.05, 3.63) is 54.1 Å². The fourth-order valence-electron chi connectivity index (χ4n) is 1.91. The maximum Gasteiger partial charge on any atom is 0.187 e. The van der Waals surface area contributed by atoms with Crippen molar-refractivity contribution in [2.45, 2.75) is 0 Å². The number of hydrogen-bond acceptors (Lipinski definition) is 4. The van der Waals surface area contributed by atoms with Gasteiger partial charge in [-0.15, -0.1) is 5.10 Å². The fourth-order valence-corrected chi connectivity index (χ4v) is 1.91. The Labute approximate surface area is 112 Å². The molecule has 0 radical (unpaired) electrons. The SMILES string of the molecule is Nc1cc(F)cc(F)c1-n1nnnc1-c1ccccc1. The van der Waals surface area contributed by atoms with Crippen LogP contribution in [0.15, 0.2) is 42.5 Å². The Bertz CT molecular complexity index is 731. The minimum Gasteiger partial charge on any atom is -0.397 e. The molecule has 0 saturated carbocycles. The average Bonchev–Trinajstić information content (AvgIpc) is 2.87. The molecule has 0 amide bonds. The van der Waals surface area contributed by atoms with Crippen LogP contribution in [0, 0.1) is 11.6 Å². The van der Waals surface area contributed by atoms with E-state index in [-0.39, 0.29) is 11.4 Å². The van der Waals surface area contributed by atoms with Gasteiger partial charge in [-0.2, -0.15) is 4.68 Å². The number of halogens is 2. The second-order valence-corrected chi connectivity index (χ2v) is 4.11. The van der Waals surface area contributed by atoms with Gasteiger partial charge in [0.25, 0.3) is 0 Å². The van der Waals surface area contributed by atoms with Crippen LogP contribution in [0.2, 0.25) is 0 Å². The van der Waals surface area contributed by atoms with E-state index in [1.165, 1.54) is 0 Å². The van der Waals surface area contributed by atoms with Gasteiger partial charge in [-0.05, 0) is 16.5 Å². The van der Waals surface area contributed by atoms with E-state index in [2.05, 4.69) is 15.5 Å². The summed E-state index contributed by atoms with van der Waals surface area (Å²) in [5, 5.41) is 11.1. The van der Waals surface area contributed by atoms with Crippen molar-refractivity contribution in [3.63, 3.8) is 0 Å². The number of anilines is 1. The second-order valence-electron chi connectivity index (χ2n) is 4.11. The molecule has 1 heterocycles. The number of nitrogen functional groups attached to an aromatic ring is 1. The molecule has 0 fully saturated rings. The van der Waals surface area contributed by atoms with Crippen LogP contribution in [0.1, 0.15) is 0 Å². The van der Waals surface area contributed by atoms with Crippen LogP contribution in [0.3, 0.4) is 0 Å². The monoisotopic (exact) mass is 273 g/mol. The van der Waals surface area contributed by atoms with E-state index in [9.17, 15) is 8.78 Å². The number of aromatic nitrogens is 4. The smallest absolute Gasteiger partial charge is 0.187 e. The van der Waals surface area contributed by atoms with E-state index in [1.54, 1.807) is 24.3 Å². The number of rotatable bonds is 2. The summed E-state index contributed by atoms with van der Waals surface area (Å²) in [4.78, 5) is 0. The summed E-state index contributed by atoms with van der Waals surface area (Å²) in [6.07, 6.45) is 0. The first-order valence-electron chi connectivity index (χ1n) is 5.75. The third-order valence-corrected chi connectivity index (χ3v) is 2.77. The number of nitrogens with two attached hydrogens (primary N) is 1. The first-order valence-corrected chi connectivity index (χ1v) is 5.75. The molecule has 2 aromatic carbocycles. The van der Waals surface area contributed by atoms with Gasteiger partial charge in [-0.1, -0.05) is 30.3 Å². The predicted octanol–water partition coefficient (Wildman–Crippen LogP) is 2.19. The molecule has 0 unspecified atom stereocenters. The topological polar surface area (TPSA) is 69.6 Å². The zero-order chi connectivity index (χ0) is 14.1. The highest BCUT2D eigenvalue weighted by molar-refractivity contribution is 5.64. The van der Waals surface area contributed by atoms with E-state index in [0.717, 1.165) is 16.8 Å². The zero-order valence-corrected chi connectivity index (χ0v) is 10.2. The molecule has 0 atom stereocenters. The number of nitrogens with zero attached hydrogens (tertiary/aromatic N) is 4. The number of hydrogen-bond donors (Lipinski definition) is 1. The Morgan fingerprint density at radius 2 is 1.80 bits per heavy atom. The van der Waals surface area contributed by atoms with Gasteiger partial charge in [0.15, 0.2) is 11.6 Å². The highest BCUT2D eigenvalue weighted by Gasteiger charge is 2.17. The highest BCUT2D eigenvalue weighted by atomic mass is 19.1. The lowest BCUT2D eigenvalue weighted by Crippen LogP contribution is -2.07. The number of tetrazole rings is 1. The van der Waals surface area contributed by atoms with Gasteiger partial charge in [0.1, 0.15) is 11.5 Å². The van der Waals surface area contributed by atoms with Crippen molar-refractivity contribution >= 4 is 5.69 Å². The maximum absolute atomic E-state index is 13.9. The summed E-state index contributed by atoms with van der Waals surface area (Å²) < 4.78 is 28.2. The van der Waals surface area contributed by atoms with Gasteiger partial charge < -0.3 is 5.73 Å². The predicted molar refractivity (Wildman–Crippen MR) is 68.9 cm³/mol. The van der Waals surface area contributed by atoms with E-state index in [4.69, 9.17) is 5.73 Å². The van der Waals surface area contributed by atoms with Gasteiger partial charge in [0.2, 0.25) is 0 Å². The van der Waals surface area contributed by atoms with Crippen molar-refractivity contribution in [2.75, 3.05) is 5.73 Å². The second kappa shape index (κ2) is 4.69. The summed E-state index contributed by atoms with van der Waals surface area (Å²) in [6.45, 7) is 0. The maximum atomic E-state index is 13.9. The lowest BCUT2D eigenvalue weighted by molar-refractivity contribution is 0.573. The summed E-state index contributed by atoms with van der Waals surface area (Å²) in [6, 6.07) is 10.8. The zero-order valence-electron chi connectivity index (χ0n) is 10.2. The number of benzene rings is 2. The fraction of sp³-hybridized carbons (Fsp3) is 0. The average molecular weight is 273 g/mol. The lowest BCUT2D eigenvalue weighted by atomic mass is 10.2. The summed E-state index contributed by atoms with van der Waals surface area (Å²) in [5.74, 6) is -1.26. The van der Waals surface area contributed by atoms with Gasteiger partial charge in [-0.25, -0.2) is 8.78 Å². The van der Waals surface area contributed by atoms with Crippen LogP contribution >= 0.6 is 0 Å². The van der Waals surface area contributed by atoms with Gasteiger partial charge in [0, 0.05) is 11.6 Å². The quantitative estimate of drug-likeness (QED) is 0.727. The van der Waals surface area contributed by atoms with Crippen molar-refractivity contribution in [1.29, 1.82) is 0 Å². The first-order chi connectivity index (χ1) is 9.66. The van der Waals surface area contributed by atoms with E-state index in [0.29, 0.717) is 11.4 Å². The van der Waals surface area contributed by atoms with Crippen molar-refractivity contribution in [2.24, 2.45) is 0 Å². The molecule has 3 aromatic rings. The van der Waals surface area contributed by atoms with Crippen LogP contribution in [-0.2, 0) is 0 Å². The van der Waals surface area contributed by atoms with Gasteiger partial charge in [0.05, 0.1) is 5.69 Å². The lowest BCUT2D eigenvalue weighted by Gasteiger charge is -2.09. The molecule has 0 spiro atoms. The molecule has 0 bridgehead atoms. The minimum atomic E-state index is -0.827. The molecule has 1 aromatic heterocycles. The Morgan fingerprint density at radius 3 is 2.50 bits per heavy atom. The van der Waals surface area contributed by atoms with Crippen LogP contribution in [0.25, 0.3) is 17.1 Å². The third-order valence-electron chi connectivity index (χ3n) is 2.77. The summed E-state index contributed by atoms with van der Waals surface area (Å²) in [5.41, 5.74) is 6.21. The van der Waals surface area contributed by atoms with Crippen LogP contribution in [-0.4, -0.2) is 20.2 Å². The van der Waals surface area contributed by atoms with Crippen molar-refractivity contribution in [3.8, 4) is 17.1 Å². The van der Waals surface area contributed by atoms with Crippen molar-refractivity contribution in [1.82, 2.24) is 20.2 Å².